The van der Waals surface area contributed by atoms with Crippen LogP contribution in [0.3, 0.4) is 0 Å². The van der Waals surface area contributed by atoms with Crippen LogP contribution in [0.2, 0.25) is 0 Å². The Bertz CT molecular complexity index is 158. The largest absolute Gasteiger partial charge is 0.381 e. The maximum Gasteiger partial charge on any atom is 0.176 e. The Balaban J connectivity index is 2.62. The number of allylic oxidation sites excluding steroid dienone is 1. The lowest BCUT2D eigenvalue weighted by atomic mass is 10.1. The summed E-state index contributed by atoms with van der Waals surface area (Å²) in [5, 5.41) is 3.02. The first-order valence-corrected chi connectivity index (χ1v) is 3.18. The molecule has 1 aliphatic rings. The highest BCUT2D eigenvalue weighted by atomic mass is 16.1. The average Bonchev–Trinajstić information content (AvgIpc) is 2.14. The van der Waals surface area contributed by atoms with Crippen molar-refractivity contribution in [2.24, 2.45) is 5.92 Å². The van der Waals surface area contributed by atoms with Crippen molar-refractivity contribution in [2.45, 2.75) is 13.8 Å². The summed E-state index contributed by atoms with van der Waals surface area (Å²) >= 11 is 0. The van der Waals surface area contributed by atoms with E-state index >= 15 is 0 Å². The molecule has 1 N–H and O–H groups in total. The number of hydrogen-bond donors (Lipinski definition) is 1. The summed E-state index contributed by atoms with van der Waals surface area (Å²) in [7, 11) is 0. The summed E-state index contributed by atoms with van der Waals surface area (Å²) in [6.07, 6.45) is 1.69. The van der Waals surface area contributed by atoms with E-state index in [2.05, 4.69) is 19.2 Å². The van der Waals surface area contributed by atoms with Crippen molar-refractivity contribution in [3.63, 3.8) is 0 Å². The van der Waals surface area contributed by atoms with Gasteiger partial charge in [-0.2, -0.15) is 0 Å². The molecule has 50 valence electrons. The third-order valence-corrected chi connectivity index (χ3v) is 1.41. The lowest BCUT2D eigenvalue weighted by Gasteiger charge is -2.04. The Morgan fingerprint density at radius 3 is 2.56 bits per heavy atom. The van der Waals surface area contributed by atoms with Gasteiger partial charge < -0.3 is 5.32 Å². The van der Waals surface area contributed by atoms with Crippen molar-refractivity contribution < 1.29 is 4.79 Å². The molecule has 9 heavy (non-hydrogen) atoms. The molecule has 0 radical (unpaired) electrons. The lowest BCUT2D eigenvalue weighted by Crippen LogP contribution is -2.14. The van der Waals surface area contributed by atoms with Crippen LogP contribution < -0.4 is 5.32 Å². The number of ketones is 1. The van der Waals surface area contributed by atoms with E-state index in [4.69, 9.17) is 0 Å². The second-order valence-electron chi connectivity index (χ2n) is 2.57. The molecule has 2 heteroatoms. The number of hydrogen-bond acceptors (Lipinski definition) is 2. The van der Waals surface area contributed by atoms with E-state index < -0.39 is 0 Å². The van der Waals surface area contributed by atoms with Gasteiger partial charge in [-0.25, -0.2) is 0 Å². The van der Waals surface area contributed by atoms with Crippen molar-refractivity contribution in [3.8, 4) is 0 Å². The molecule has 0 spiro atoms. The first-order chi connectivity index (χ1) is 4.20. The van der Waals surface area contributed by atoms with E-state index in [9.17, 15) is 4.79 Å². The van der Waals surface area contributed by atoms with E-state index in [1.807, 2.05) is 0 Å². The predicted octanol–water partition coefficient (Wildman–Crippen LogP) is 0.699. The zero-order chi connectivity index (χ0) is 6.85. The highest BCUT2D eigenvalue weighted by molar-refractivity contribution is 5.94. The van der Waals surface area contributed by atoms with Gasteiger partial charge in [0, 0.05) is 11.8 Å². The fourth-order valence-electron chi connectivity index (χ4n) is 0.835. The summed E-state index contributed by atoms with van der Waals surface area (Å²) in [5.74, 6) is 0.648. The fraction of sp³-hybridized carbons (Fsp3) is 0.571. The molecule has 0 bridgehead atoms. The summed E-state index contributed by atoms with van der Waals surface area (Å²) in [6.45, 7) is 4.63. The van der Waals surface area contributed by atoms with Gasteiger partial charge >= 0.3 is 0 Å². The van der Waals surface area contributed by atoms with Gasteiger partial charge in [0.05, 0.1) is 6.54 Å². The van der Waals surface area contributed by atoms with Crippen molar-refractivity contribution in [1.82, 2.24) is 5.32 Å². The molecule has 0 aromatic rings. The van der Waals surface area contributed by atoms with Crippen molar-refractivity contribution in [1.29, 1.82) is 0 Å². The van der Waals surface area contributed by atoms with Gasteiger partial charge in [-0.05, 0) is 5.92 Å². The Morgan fingerprint density at radius 2 is 2.33 bits per heavy atom. The SMILES string of the molecule is CC(C)C1=CC(=O)CN1. The molecule has 0 atom stereocenters. The molecule has 1 aliphatic heterocycles. The maximum absolute atomic E-state index is 10.6. The number of rotatable bonds is 1. The molecule has 2 nitrogen and oxygen atoms in total. The number of nitrogens with one attached hydrogen (secondary N) is 1. The zero-order valence-electron chi connectivity index (χ0n) is 5.77. The number of carbonyl (C=O) groups is 1. The van der Waals surface area contributed by atoms with Crippen molar-refractivity contribution >= 4 is 5.78 Å². The molecule has 1 rings (SSSR count). The van der Waals surface area contributed by atoms with Crippen LogP contribution in [0.15, 0.2) is 11.8 Å². The first-order valence-electron chi connectivity index (χ1n) is 3.18. The highest BCUT2D eigenvalue weighted by Gasteiger charge is 2.12. The zero-order valence-corrected chi connectivity index (χ0v) is 5.77. The molecule has 0 amide bonds. The molecule has 0 aromatic carbocycles. The first kappa shape index (κ1) is 6.33. The summed E-state index contributed by atoms with van der Waals surface area (Å²) in [6, 6.07) is 0. The van der Waals surface area contributed by atoms with Crippen LogP contribution in [0.5, 0.6) is 0 Å². The summed E-state index contributed by atoms with van der Waals surface area (Å²) < 4.78 is 0. The molecule has 0 saturated carbocycles. The Hall–Kier alpha value is -0.790. The maximum atomic E-state index is 10.6. The quantitative estimate of drug-likeness (QED) is 0.559. The molecule has 0 aromatic heterocycles. The monoisotopic (exact) mass is 125 g/mol. The Kier molecular flexibility index (Phi) is 1.56. The van der Waals surface area contributed by atoms with Gasteiger partial charge in [-0.3, -0.25) is 4.79 Å². The molecule has 0 fully saturated rings. The van der Waals surface area contributed by atoms with Gasteiger partial charge in [0.1, 0.15) is 0 Å². The highest BCUT2D eigenvalue weighted by Crippen LogP contribution is 2.08. The van der Waals surface area contributed by atoms with E-state index in [1.54, 1.807) is 6.08 Å². The van der Waals surface area contributed by atoms with Crippen molar-refractivity contribution in [3.05, 3.63) is 11.8 Å². The van der Waals surface area contributed by atoms with Gasteiger partial charge in [0.2, 0.25) is 0 Å². The van der Waals surface area contributed by atoms with Crippen LogP contribution in [0, 0.1) is 5.92 Å². The van der Waals surface area contributed by atoms with E-state index in [-0.39, 0.29) is 5.78 Å². The minimum atomic E-state index is 0.193. The normalized spacial score (nSPS) is 18.1. The summed E-state index contributed by atoms with van der Waals surface area (Å²) in [4.78, 5) is 10.6. The van der Waals surface area contributed by atoms with Crippen LogP contribution in [-0.4, -0.2) is 12.3 Å². The van der Waals surface area contributed by atoms with E-state index in [0.717, 1.165) is 5.70 Å². The fourth-order valence-corrected chi connectivity index (χ4v) is 0.835. The second kappa shape index (κ2) is 2.21. The van der Waals surface area contributed by atoms with Crippen molar-refractivity contribution in [2.75, 3.05) is 6.54 Å². The smallest absolute Gasteiger partial charge is 0.176 e. The van der Waals surface area contributed by atoms with Gasteiger partial charge in [0.25, 0.3) is 0 Å². The van der Waals surface area contributed by atoms with Gasteiger partial charge in [-0.1, -0.05) is 13.8 Å². The van der Waals surface area contributed by atoms with Crippen LogP contribution in [-0.2, 0) is 4.79 Å². The average molecular weight is 125 g/mol. The van der Waals surface area contributed by atoms with Crippen LogP contribution in [0.25, 0.3) is 0 Å². The predicted molar refractivity (Wildman–Crippen MR) is 35.9 cm³/mol. The third kappa shape index (κ3) is 1.31. The minimum Gasteiger partial charge on any atom is -0.381 e. The number of carbonyl (C=O) groups excluding carboxylic acids is 1. The molecule has 1 heterocycles. The van der Waals surface area contributed by atoms with E-state index in [0.29, 0.717) is 12.5 Å². The molecular formula is C7H11NO. The van der Waals surface area contributed by atoms with Crippen LogP contribution >= 0.6 is 0 Å². The van der Waals surface area contributed by atoms with Crippen LogP contribution in [0.1, 0.15) is 13.8 Å². The summed E-state index contributed by atoms with van der Waals surface area (Å²) in [5.41, 5.74) is 1.07. The van der Waals surface area contributed by atoms with Crippen LogP contribution in [0.4, 0.5) is 0 Å². The van der Waals surface area contributed by atoms with Gasteiger partial charge in [0.15, 0.2) is 5.78 Å². The molecule has 0 unspecified atom stereocenters. The van der Waals surface area contributed by atoms with E-state index in [1.165, 1.54) is 0 Å². The second-order valence-corrected chi connectivity index (χ2v) is 2.57. The molecule has 0 saturated heterocycles. The van der Waals surface area contributed by atoms with Gasteiger partial charge in [-0.15, -0.1) is 0 Å². The standard InChI is InChI=1S/C7H11NO/c1-5(2)7-3-6(9)4-8-7/h3,5,8H,4H2,1-2H3. The topological polar surface area (TPSA) is 29.1 Å². The molecule has 0 aliphatic carbocycles. The minimum absolute atomic E-state index is 0.193. The molecular weight excluding hydrogens is 114 g/mol. The lowest BCUT2D eigenvalue weighted by molar-refractivity contribution is -0.113. The Labute approximate surface area is 54.9 Å². The third-order valence-electron chi connectivity index (χ3n) is 1.41. The Morgan fingerprint density at radius 1 is 1.67 bits per heavy atom.